The van der Waals surface area contributed by atoms with E-state index in [2.05, 4.69) is 10.3 Å². The van der Waals surface area contributed by atoms with Crippen LogP contribution in [0.2, 0.25) is 0 Å². The fraction of sp³-hybridized carbons (Fsp3) is 0.368. The predicted molar refractivity (Wildman–Crippen MR) is 93.3 cm³/mol. The molecular formula is C19H23N3O2. The minimum Gasteiger partial charge on any atom is -0.391 e. The topological polar surface area (TPSA) is 65.5 Å². The molecule has 1 aliphatic heterocycles. The number of amides is 2. The zero-order valence-electron chi connectivity index (χ0n) is 13.9. The summed E-state index contributed by atoms with van der Waals surface area (Å²) in [6, 6.07) is 11.9. The average Bonchev–Trinajstić information content (AvgIpc) is 2.63. The van der Waals surface area contributed by atoms with Crippen LogP contribution in [0.4, 0.5) is 4.79 Å². The van der Waals surface area contributed by atoms with E-state index in [9.17, 15) is 9.90 Å². The maximum absolute atomic E-state index is 12.2. The van der Waals surface area contributed by atoms with Crippen molar-refractivity contribution in [2.75, 3.05) is 13.1 Å². The van der Waals surface area contributed by atoms with Crippen LogP contribution >= 0.6 is 0 Å². The number of pyridine rings is 1. The molecule has 1 aromatic carbocycles. The molecule has 1 aromatic heterocycles. The molecule has 1 saturated heterocycles. The van der Waals surface area contributed by atoms with Crippen molar-refractivity contribution in [3.8, 4) is 11.1 Å². The van der Waals surface area contributed by atoms with Crippen LogP contribution in [-0.4, -0.2) is 40.2 Å². The number of aliphatic hydroxyl groups excluding tert-OH is 1. The minimum atomic E-state index is -0.428. The highest BCUT2D eigenvalue weighted by molar-refractivity contribution is 5.74. The Morgan fingerprint density at radius 3 is 2.75 bits per heavy atom. The summed E-state index contributed by atoms with van der Waals surface area (Å²) in [4.78, 5) is 18.0. The lowest BCUT2D eigenvalue weighted by Crippen LogP contribution is -2.49. The van der Waals surface area contributed by atoms with Gasteiger partial charge in [0, 0.05) is 32.0 Å². The Balaban J connectivity index is 1.54. The third kappa shape index (κ3) is 3.92. The van der Waals surface area contributed by atoms with Gasteiger partial charge in [0.25, 0.3) is 0 Å². The number of urea groups is 1. The number of piperidine rings is 1. The van der Waals surface area contributed by atoms with Crippen LogP contribution in [0.25, 0.3) is 11.1 Å². The molecule has 24 heavy (non-hydrogen) atoms. The Labute approximate surface area is 142 Å². The van der Waals surface area contributed by atoms with Gasteiger partial charge in [0.1, 0.15) is 0 Å². The summed E-state index contributed by atoms with van der Waals surface area (Å²) >= 11 is 0. The predicted octanol–water partition coefficient (Wildman–Crippen LogP) is 2.66. The molecule has 0 aliphatic carbocycles. The molecule has 0 radical (unpaired) electrons. The third-order valence-electron chi connectivity index (χ3n) is 4.60. The van der Waals surface area contributed by atoms with Crippen molar-refractivity contribution in [2.45, 2.75) is 26.0 Å². The van der Waals surface area contributed by atoms with Crippen molar-refractivity contribution >= 4 is 6.03 Å². The molecule has 1 fully saturated rings. The summed E-state index contributed by atoms with van der Waals surface area (Å²) in [6.07, 6.45) is 4.00. The molecule has 2 heterocycles. The lowest BCUT2D eigenvalue weighted by molar-refractivity contribution is 0.0435. The highest BCUT2D eigenvalue weighted by Crippen LogP contribution is 2.19. The molecule has 5 heteroatoms. The standard InChI is InChI=1S/C19H23N3O2/c1-14-8-10-22(13-18(14)23)19(24)21-11-15-4-6-16(7-5-15)17-3-2-9-20-12-17/h2-7,9,12,14,18,23H,8,10-11,13H2,1H3,(H,21,24). The van der Waals surface area contributed by atoms with Crippen LogP contribution < -0.4 is 5.32 Å². The Bertz CT molecular complexity index is 673. The summed E-state index contributed by atoms with van der Waals surface area (Å²) in [5.74, 6) is 0.258. The number of carbonyl (C=O) groups excluding carboxylic acids is 1. The van der Waals surface area contributed by atoms with Crippen LogP contribution in [0.5, 0.6) is 0 Å². The van der Waals surface area contributed by atoms with E-state index < -0.39 is 6.10 Å². The number of hydrogen-bond donors (Lipinski definition) is 2. The first-order chi connectivity index (χ1) is 11.6. The zero-order valence-corrected chi connectivity index (χ0v) is 13.9. The molecule has 0 spiro atoms. The van der Waals surface area contributed by atoms with E-state index in [1.165, 1.54) is 0 Å². The summed E-state index contributed by atoms with van der Waals surface area (Å²) in [6.45, 7) is 3.61. The van der Waals surface area contributed by atoms with Crippen LogP contribution in [0, 0.1) is 5.92 Å². The zero-order chi connectivity index (χ0) is 16.9. The average molecular weight is 325 g/mol. The molecule has 2 amide bonds. The van der Waals surface area contributed by atoms with E-state index in [1.54, 1.807) is 11.1 Å². The molecule has 3 rings (SSSR count). The first-order valence-electron chi connectivity index (χ1n) is 8.33. The summed E-state index contributed by atoms with van der Waals surface area (Å²) in [5, 5.41) is 12.8. The number of aromatic nitrogens is 1. The summed E-state index contributed by atoms with van der Waals surface area (Å²) in [7, 11) is 0. The molecule has 2 N–H and O–H groups in total. The van der Waals surface area contributed by atoms with Gasteiger partial charge in [0.05, 0.1) is 6.10 Å². The minimum absolute atomic E-state index is 0.114. The number of likely N-dealkylation sites (tertiary alicyclic amines) is 1. The fourth-order valence-electron chi connectivity index (χ4n) is 2.87. The van der Waals surface area contributed by atoms with Crippen molar-refractivity contribution in [3.05, 3.63) is 54.4 Å². The third-order valence-corrected chi connectivity index (χ3v) is 4.60. The lowest BCUT2D eigenvalue weighted by Gasteiger charge is -2.34. The van der Waals surface area contributed by atoms with Gasteiger partial charge in [-0.15, -0.1) is 0 Å². The molecule has 5 nitrogen and oxygen atoms in total. The van der Waals surface area contributed by atoms with E-state index in [0.717, 1.165) is 23.1 Å². The van der Waals surface area contributed by atoms with Gasteiger partial charge in [-0.05, 0) is 35.1 Å². The Kier molecular flexibility index (Phi) is 5.11. The molecule has 126 valence electrons. The number of aliphatic hydroxyl groups is 1. The van der Waals surface area contributed by atoms with Crippen molar-refractivity contribution < 1.29 is 9.90 Å². The van der Waals surface area contributed by atoms with Crippen molar-refractivity contribution in [1.82, 2.24) is 15.2 Å². The number of rotatable bonds is 3. The van der Waals surface area contributed by atoms with E-state index >= 15 is 0 Å². The van der Waals surface area contributed by atoms with Gasteiger partial charge >= 0.3 is 6.03 Å². The Hall–Kier alpha value is -2.40. The lowest BCUT2D eigenvalue weighted by atomic mass is 9.96. The maximum Gasteiger partial charge on any atom is 0.317 e. The number of benzene rings is 1. The number of hydrogen-bond acceptors (Lipinski definition) is 3. The first-order valence-corrected chi connectivity index (χ1v) is 8.33. The van der Waals surface area contributed by atoms with Crippen LogP contribution in [0.3, 0.4) is 0 Å². The Morgan fingerprint density at radius 1 is 1.29 bits per heavy atom. The number of nitrogens with one attached hydrogen (secondary N) is 1. The van der Waals surface area contributed by atoms with E-state index in [0.29, 0.717) is 19.6 Å². The van der Waals surface area contributed by atoms with Gasteiger partial charge in [0.15, 0.2) is 0 Å². The highest BCUT2D eigenvalue weighted by Gasteiger charge is 2.26. The number of carbonyl (C=O) groups is 1. The molecular weight excluding hydrogens is 302 g/mol. The highest BCUT2D eigenvalue weighted by atomic mass is 16.3. The molecule has 1 aliphatic rings. The van der Waals surface area contributed by atoms with Gasteiger partial charge in [0.2, 0.25) is 0 Å². The number of nitrogens with zero attached hydrogens (tertiary/aromatic N) is 2. The second-order valence-electron chi connectivity index (χ2n) is 6.38. The van der Waals surface area contributed by atoms with Crippen LogP contribution in [0.1, 0.15) is 18.9 Å². The second kappa shape index (κ2) is 7.45. The van der Waals surface area contributed by atoms with Gasteiger partial charge in [-0.1, -0.05) is 37.3 Å². The van der Waals surface area contributed by atoms with Crippen molar-refractivity contribution in [1.29, 1.82) is 0 Å². The quantitative estimate of drug-likeness (QED) is 0.912. The van der Waals surface area contributed by atoms with E-state index in [4.69, 9.17) is 0 Å². The van der Waals surface area contributed by atoms with Crippen LogP contribution in [-0.2, 0) is 6.54 Å². The van der Waals surface area contributed by atoms with Gasteiger partial charge in [-0.2, -0.15) is 0 Å². The van der Waals surface area contributed by atoms with Gasteiger partial charge < -0.3 is 15.3 Å². The van der Waals surface area contributed by atoms with Gasteiger partial charge in [-0.25, -0.2) is 4.79 Å². The Morgan fingerprint density at radius 2 is 2.08 bits per heavy atom. The second-order valence-corrected chi connectivity index (χ2v) is 6.38. The first kappa shape index (κ1) is 16.5. The molecule has 2 unspecified atom stereocenters. The monoisotopic (exact) mass is 325 g/mol. The SMILES string of the molecule is CC1CCN(C(=O)NCc2ccc(-c3cccnc3)cc2)CC1O. The molecule has 0 bridgehead atoms. The van der Waals surface area contributed by atoms with Gasteiger partial charge in [-0.3, -0.25) is 4.98 Å². The van der Waals surface area contributed by atoms with Crippen LogP contribution in [0.15, 0.2) is 48.8 Å². The van der Waals surface area contributed by atoms with E-state index in [-0.39, 0.29) is 11.9 Å². The molecule has 2 atom stereocenters. The normalized spacial score (nSPS) is 20.7. The fourth-order valence-corrected chi connectivity index (χ4v) is 2.87. The van der Waals surface area contributed by atoms with Crippen molar-refractivity contribution in [3.63, 3.8) is 0 Å². The largest absolute Gasteiger partial charge is 0.391 e. The summed E-state index contributed by atoms with van der Waals surface area (Å²) in [5.41, 5.74) is 3.22. The van der Waals surface area contributed by atoms with E-state index in [1.807, 2.05) is 49.5 Å². The van der Waals surface area contributed by atoms with Crippen molar-refractivity contribution in [2.24, 2.45) is 5.92 Å². The number of β-amino-alcohol motifs (C(OH)–C–C–N with tert-alkyl or cyclic N) is 1. The smallest absolute Gasteiger partial charge is 0.317 e. The maximum atomic E-state index is 12.2. The summed E-state index contributed by atoms with van der Waals surface area (Å²) < 4.78 is 0. The molecule has 0 saturated carbocycles. The molecule has 2 aromatic rings.